The number of carbonyl (C=O) groups is 1. The van der Waals surface area contributed by atoms with E-state index in [4.69, 9.17) is 9.84 Å². The number of benzene rings is 1. The van der Waals surface area contributed by atoms with Crippen molar-refractivity contribution in [3.63, 3.8) is 0 Å². The van der Waals surface area contributed by atoms with E-state index in [9.17, 15) is 4.79 Å². The first kappa shape index (κ1) is 13.7. The predicted molar refractivity (Wildman–Crippen MR) is 66.7 cm³/mol. The smallest absolute Gasteiger partial charge is 0.227 e. The van der Waals surface area contributed by atoms with Gasteiger partial charge < -0.3 is 15.2 Å². The Hall–Kier alpha value is -1.39. The zero-order valence-electron chi connectivity index (χ0n) is 10.3. The number of hydrogen-bond acceptors (Lipinski definition) is 3. The fourth-order valence-electron chi connectivity index (χ4n) is 1.44. The molecule has 0 spiro atoms. The van der Waals surface area contributed by atoms with Crippen LogP contribution in [0.3, 0.4) is 0 Å². The molecule has 4 heteroatoms. The Bertz CT molecular complexity index is 365. The Morgan fingerprint density at radius 2 is 2.29 bits per heavy atom. The predicted octanol–water partition coefficient (Wildman–Crippen LogP) is 1.79. The van der Waals surface area contributed by atoms with Crippen LogP contribution in [-0.4, -0.2) is 24.7 Å². The van der Waals surface area contributed by atoms with Gasteiger partial charge >= 0.3 is 0 Å². The van der Waals surface area contributed by atoms with E-state index in [2.05, 4.69) is 5.32 Å². The number of methoxy groups -OCH3 is 1. The molecule has 1 amide bonds. The highest BCUT2D eigenvalue weighted by molar-refractivity contribution is 5.92. The van der Waals surface area contributed by atoms with Crippen LogP contribution >= 0.6 is 0 Å². The van der Waals surface area contributed by atoms with E-state index >= 15 is 0 Å². The number of anilines is 1. The minimum Gasteiger partial charge on any atom is -0.392 e. The van der Waals surface area contributed by atoms with Gasteiger partial charge in [-0.25, -0.2) is 0 Å². The lowest BCUT2D eigenvalue weighted by molar-refractivity contribution is -0.119. The first-order chi connectivity index (χ1) is 8.17. The minimum absolute atomic E-state index is 0.0249. The summed E-state index contributed by atoms with van der Waals surface area (Å²) >= 11 is 0. The molecule has 2 N–H and O–H groups in total. The van der Waals surface area contributed by atoms with E-state index in [1.165, 1.54) is 0 Å². The average molecular weight is 237 g/mol. The van der Waals surface area contributed by atoms with Crippen LogP contribution in [0, 0.1) is 5.92 Å². The van der Waals surface area contributed by atoms with Gasteiger partial charge in [0.15, 0.2) is 0 Å². The highest BCUT2D eigenvalue weighted by atomic mass is 16.5. The lowest BCUT2D eigenvalue weighted by Crippen LogP contribution is -2.21. The van der Waals surface area contributed by atoms with Crippen molar-refractivity contribution in [3.05, 3.63) is 29.8 Å². The summed E-state index contributed by atoms with van der Waals surface area (Å²) in [6.07, 6.45) is 0.696. The average Bonchev–Trinajstić information content (AvgIpc) is 2.36. The lowest BCUT2D eigenvalue weighted by atomic mass is 10.1. The van der Waals surface area contributed by atoms with Crippen molar-refractivity contribution >= 4 is 11.6 Å². The van der Waals surface area contributed by atoms with Gasteiger partial charge in [0.25, 0.3) is 0 Å². The molecule has 4 nitrogen and oxygen atoms in total. The molecule has 0 saturated carbocycles. The molecule has 0 aromatic heterocycles. The molecule has 94 valence electrons. The maximum absolute atomic E-state index is 11.8. The largest absolute Gasteiger partial charge is 0.392 e. The van der Waals surface area contributed by atoms with Crippen LogP contribution in [0.25, 0.3) is 0 Å². The third-order valence-electron chi connectivity index (χ3n) is 2.58. The molecule has 1 aromatic carbocycles. The molecule has 0 aliphatic heterocycles. The van der Waals surface area contributed by atoms with Crippen LogP contribution in [0.1, 0.15) is 18.9 Å². The fraction of sp³-hybridized carbons (Fsp3) is 0.462. The van der Waals surface area contributed by atoms with Crippen LogP contribution < -0.4 is 5.32 Å². The van der Waals surface area contributed by atoms with Gasteiger partial charge in [-0.3, -0.25) is 4.79 Å². The van der Waals surface area contributed by atoms with Crippen LogP contribution in [-0.2, 0) is 16.1 Å². The first-order valence-corrected chi connectivity index (χ1v) is 5.67. The number of amides is 1. The normalized spacial score (nSPS) is 12.2. The van der Waals surface area contributed by atoms with Crippen molar-refractivity contribution in [2.75, 3.05) is 19.0 Å². The van der Waals surface area contributed by atoms with Crippen LogP contribution in [0.2, 0.25) is 0 Å². The maximum Gasteiger partial charge on any atom is 0.227 e. The van der Waals surface area contributed by atoms with Gasteiger partial charge in [-0.15, -0.1) is 0 Å². The number of carbonyl (C=O) groups excluding carboxylic acids is 1. The van der Waals surface area contributed by atoms with E-state index in [1.807, 2.05) is 13.0 Å². The second-order valence-electron chi connectivity index (χ2n) is 4.03. The topological polar surface area (TPSA) is 58.6 Å². The number of hydrogen-bond donors (Lipinski definition) is 2. The number of aliphatic hydroxyl groups excluding tert-OH is 1. The molecule has 0 radical (unpaired) electrons. The third kappa shape index (κ3) is 4.54. The van der Waals surface area contributed by atoms with Gasteiger partial charge in [0.1, 0.15) is 0 Å². The molecule has 1 rings (SSSR count). The van der Waals surface area contributed by atoms with Crippen molar-refractivity contribution in [1.29, 1.82) is 0 Å². The number of rotatable bonds is 6. The number of aliphatic hydroxyl groups is 1. The Balaban J connectivity index is 2.54. The Morgan fingerprint density at radius 3 is 2.94 bits per heavy atom. The molecular formula is C13H19NO3. The van der Waals surface area contributed by atoms with Crippen molar-refractivity contribution in [1.82, 2.24) is 0 Å². The molecule has 0 aliphatic carbocycles. The Labute approximate surface area is 102 Å². The molecule has 0 saturated heterocycles. The second kappa shape index (κ2) is 7.04. The molecule has 0 heterocycles. The summed E-state index contributed by atoms with van der Waals surface area (Å²) in [6, 6.07) is 7.19. The summed E-state index contributed by atoms with van der Waals surface area (Å²) in [6.45, 7) is 2.42. The fourth-order valence-corrected chi connectivity index (χ4v) is 1.44. The van der Waals surface area contributed by atoms with Gasteiger partial charge in [0.05, 0.1) is 6.61 Å². The molecule has 0 bridgehead atoms. The van der Waals surface area contributed by atoms with E-state index in [-0.39, 0.29) is 18.4 Å². The summed E-state index contributed by atoms with van der Waals surface area (Å²) in [5.41, 5.74) is 1.50. The van der Waals surface area contributed by atoms with Gasteiger partial charge in [0.2, 0.25) is 5.91 Å². The second-order valence-corrected chi connectivity index (χ2v) is 4.03. The SMILES string of the molecule is COCCC(C)C(=O)Nc1cccc(CO)c1. The standard InChI is InChI=1S/C13H19NO3/c1-10(6-7-17-2)13(16)14-12-5-3-4-11(8-12)9-15/h3-5,8,10,15H,6-7,9H2,1-2H3,(H,14,16). The molecule has 17 heavy (non-hydrogen) atoms. The Kier molecular flexibility index (Phi) is 5.66. The number of nitrogens with one attached hydrogen (secondary N) is 1. The summed E-state index contributed by atoms with van der Waals surface area (Å²) < 4.78 is 4.94. The molecule has 1 aromatic rings. The summed E-state index contributed by atoms with van der Waals surface area (Å²) in [5.74, 6) is -0.120. The van der Waals surface area contributed by atoms with Crippen molar-refractivity contribution in [2.24, 2.45) is 5.92 Å². The van der Waals surface area contributed by atoms with Gasteiger partial charge in [0, 0.05) is 25.3 Å². The van der Waals surface area contributed by atoms with Gasteiger partial charge in [-0.05, 0) is 24.1 Å². The van der Waals surface area contributed by atoms with Gasteiger partial charge in [-0.1, -0.05) is 19.1 Å². The lowest BCUT2D eigenvalue weighted by Gasteiger charge is -2.12. The quantitative estimate of drug-likeness (QED) is 0.793. The highest BCUT2D eigenvalue weighted by Gasteiger charge is 2.12. The molecule has 1 unspecified atom stereocenters. The first-order valence-electron chi connectivity index (χ1n) is 5.67. The summed E-state index contributed by atoms with van der Waals surface area (Å²) in [7, 11) is 1.62. The molecule has 1 atom stereocenters. The minimum atomic E-state index is -0.0901. The van der Waals surface area contributed by atoms with E-state index in [0.717, 1.165) is 5.56 Å². The highest BCUT2D eigenvalue weighted by Crippen LogP contribution is 2.13. The zero-order valence-corrected chi connectivity index (χ0v) is 10.3. The number of ether oxygens (including phenoxy) is 1. The van der Waals surface area contributed by atoms with Crippen LogP contribution in [0.5, 0.6) is 0 Å². The van der Waals surface area contributed by atoms with Crippen LogP contribution in [0.4, 0.5) is 5.69 Å². The maximum atomic E-state index is 11.8. The third-order valence-corrected chi connectivity index (χ3v) is 2.58. The van der Waals surface area contributed by atoms with Crippen molar-refractivity contribution in [2.45, 2.75) is 20.0 Å². The van der Waals surface area contributed by atoms with Gasteiger partial charge in [-0.2, -0.15) is 0 Å². The molecular weight excluding hydrogens is 218 g/mol. The molecule has 0 aliphatic rings. The van der Waals surface area contributed by atoms with Crippen LogP contribution in [0.15, 0.2) is 24.3 Å². The van der Waals surface area contributed by atoms with E-state index in [0.29, 0.717) is 18.7 Å². The summed E-state index contributed by atoms with van der Waals surface area (Å²) in [5, 5.41) is 11.8. The molecule has 0 fully saturated rings. The monoisotopic (exact) mass is 237 g/mol. The van der Waals surface area contributed by atoms with Crippen molar-refractivity contribution < 1.29 is 14.6 Å². The van der Waals surface area contributed by atoms with E-state index in [1.54, 1.807) is 25.3 Å². The van der Waals surface area contributed by atoms with E-state index < -0.39 is 0 Å². The van der Waals surface area contributed by atoms with Crippen molar-refractivity contribution in [3.8, 4) is 0 Å². The zero-order chi connectivity index (χ0) is 12.7. The summed E-state index contributed by atoms with van der Waals surface area (Å²) in [4.78, 5) is 11.8. The Morgan fingerprint density at radius 1 is 1.53 bits per heavy atom.